The molecule has 13 heteroatoms. The van der Waals surface area contributed by atoms with Crippen LogP contribution in [0.4, 0.5) is 24.8 Å². The molecule has 1 unspecified atom stereocenters. The van der Waals surface area contributed by atoms with Gasteiger partial charge in [0.1, 0.15) is 0 Å². The van der Waals surface area contributed by atoms with Crippen LogP contribution in [0.15, 0.2) is 76.6 Å². The molecule has 0 radical (unpaired) electrons. The predicted octanol–water partition coefficient (Wildman–Crippen LogP) is 9.70. The number of nitrogens with one attached hydrogen (secondary N) is 2. The summed E-state index contributed by atoms with van der Waals surface area (Å²) in [6, 6.07) is 14.4. The molecular weight excluding hydrogens is 730 g/mol. The quantitative estimate of drug-likeness (QED) is 0.141. The minimum atomic E-state index is -4.46. The van der Waals surface area contributed by atoms with Gasteiger partial charge in [0, 0.05) is 64.6 Å². The highest BCUT2D eigenvalue weighted by Crippen LogP contribution is 2.35. The van der Waals surface area contributed by atoms with E-state index >= 15 is 0 Å². The number of aromatic nitrogens is 6. The number of anilines is 2. The van der Waals surface area contributed by atoms with Gasteiger partial charge < -0.3 is 19.8 Å². The number of rotatable bonds is 10. The molecule has 2 N–H and O–H groups in total. The molecular formula is C44H47F3N8O2. The van der Waals surface area contributed by atoms with Crippen molar-refractivity contribution in [2.45, 2.75) is 116 Å². The Kier molecular flexibility index (Phi) is 10.3. The van der Waals surface area contributed by atoms with Crippen LogP contribution in [0.1, 0.15) is 129 Å². The largest absolute Gasteiger partial charge is 0.416 e. The van der Waals surface area contributed by atoms with Crippen LogP contribution < -0.4 is 21.8 Å². The molecule has 8 rings (SSSR count). The topological polar surface area (TPSA) is 120 Å². The first-order chi connectivity index (χ1) is 27.3. The summed E-state index contributed by atoms with van der Waals surface area (Å²) in [6.07, 6.45) is 7.82. The van der Waals surface area contributed by atoms with Gasteiger partial charge in [0.15, 0.2) is 11.6 Å². The van der Waals surface area contributed by atoms with Crippen LogP contribution in [0.25, 0.3) is 21.5 Å². The number of benzene rings is 2. The number of alkyl halides is 3. The van der Waals surface area contributed by atoms with Gasteiger partial charge in [0.25, 0.3) is 11.1 Å². The number of hydrogen-bond acceptors (Lipinski definition) is 8. The molecule has 4 aromatic heterocycles. The molecule has 4 heterocycles. The maximum atomic E-state index is 13.7. The molecule has 2 aromatic carbocycles. The Balaban J connectivity index is 1.12. The standard InChI is InChI=1S/C44H47F3N8O2/c1-25-16-29(18-31(17-25)27(3)49-42-37-23-54(33-12-5-6-13-33)40(56)21-35(37)28(4)50-52-42)19-39-36-22-41(57)55(34-14-7-8-15-34)24-38(36)43(53-51-39)48-26(2)30-10-9-11-32(20-30)44(45,46)47/h9-11,16-18,20-24,26-27,33-34H,5-8,12-15,19H2,1-4H3,(H,48,53)(H,49,52)/t26?,27-/m1/s1. The first-order valence-electron chi connectivity index (χ1n) is 19.9. The second-order valence-corrected chi connectivity index (χ2v) is 16.0. The second-order valence-electron chi connectivity index (χ2n) is 16.0. The fourth-order valence-corrected chi connectivity index (χ4v) is 8.74. The van der Waals surface area contributed by atoms with Crippen LogP contribution in [-0.4, -0.2) is 29.5 Å². The number of hydrogen-bond donors (Lipinski definition) is 2. The molecule has 57 heavy (non-hydrogen) atoms. The maximum Gasteiger partial charge on any atom is 0.416 e. The van der Waals surface area contributed by atoms with Crippen LogP contribution in [-0.2, 0) is 12.6 Å². The SMILES string of the molecule is Cc1cc(Cc2nnc(NC(C)c3cccc(C(F)(F)F)c3)c3cn(C4CCCC4)c(=O)cc23)cc([C@@H](C)Nc2nnc(C)c3cc(=O)n(C4CCCC4)cc23)c1. The van der Waals surface area contributed by atoms with Gasteiger partial charge in [-0.15, -0.1) is 10.2 Å². The number of halogens is 3. The summed E-state index contributed by atoms with van der Waals surface area (Å²) < 4.78 is 44.3. The van der Waals surface area contributed by atoms with Gasteiger partial charge in [-0.05, 0) is 82.2 Å². The van der Waals surface area contributed by atoms with Crippen LogP contribution in [0.3, 0.4) is 0 Å². The zero-order valence-electron chi connectivity index (χ0n) is 32.7. The highest BCUT2D eigenvalue weighted by Gasteiger charge is 2.31. The smallest absolute Gasteiger partial charge is 0.361 e. The van der Waals surface area contributed by atoms with Gasteiger partial charge in [0.2, 0.25) is 0 Å². The van der Waals surface area contributed by atoms with Crippen molar-refractivity contribution >= 4 is 33.2 Å². The normalized spacial score (nSPS) is 16.4. The summed E-state index contributed by atoms with van der Waals surface area (Å²) in [6.45, 7) is 7.75. The number of aryl methyl sites for hydroxylation is 2. The average Bonchev–Trinajstić information content (AvgIpc) is 3.92. The van der Waals surface area contributed by atoms with E-state index in [1.807, 2.05) is 30.8 Å². The minimum Gasteiger partial charge on any atom is -0.361 e. The Bertz CT molecular complexity index is 2590. The van der Waals surface area contributed by atoms with Crippen LogP contribution in [0, 0.1) is 13.8 Å². The lowest BCUT2D eigenvalue weighted by molar-refractivity contribution is -0.137. The summed E-state index contributed by atoms with van der Waals surface area (Å²) in [7, 11) is 0. The Hall–Kier alpha value is -5.59. The van der Waals surface area contributed by atoms with Gasteiger partial charge in [-0.25, -0.2) is 0 Å². The number of nitrogens with zero attached hydrogens (tertiary/aromatic N) is 6. The van der Waals surface area contributed by atoms with E-state index in [2.05, 4.69) is 56.2 Å². The van der Waals surface area contributed by atoms with Crippen molar-refractivity contribution in [2.24, 2.45) is 0 Å². The van der Waals surface area contributed by atoms with E-state index in [4.69, 9.17) is 0 Å². The first kappa shape index (κ1) is 38.3. The number of fused-ring (bicyclic) bond motifs is 2. The molecule has 2 aliphatic carbocycles. The molecule has 2 fully saturated rings. The molecule has 2 atom stereocenters. The van der Waals surface area contributed by atoms with E-state index in [0.29, 0.717) is 45.8 Å². The highest BCUT2D eigenvalue weighted by molar-refractivity contribution is 5.93. The average molecular weight is 777 g/mol. The predicted molar refractivity (Wildman–Crippen MR) is 217 cm³/mol. The van der Waals surface area contributed by atoms with Crippen molar-refractivity contribution in [1.29, 1.82) is 0 Å². The fourth-order valence-electron chi connectivity index (χ4n) is 8.74. The van der Waals surface area contributed by atoms with Crippen molar-refractivity contribution in [3.8, 4) is 0 Å². The van der Waals surface area contributed by atoms with Crippen molar-refractivity contribution in [3.63, 3.8) is 0 Å². The van der Waals surface area contributed by atoms with Crippen molar-refractivity contribution in [1.82, 2.24) is 29.5 Å². The Morgan fingerprint density at radius 1 is 0.684 bits per heavy atom. The Labute approximate surface area is 328 Å². The van der Waals surface area contributed by atoms with E-state index in [1.165, 1.54) is 6.07 Å². The molecule has 10 nitrogen and oxygen atoms in total. The Morgan fingerprint density at radius 2 is 1.25 bits per heavy atom. The van der Waals surface area contributed by atoms with Crippen LogP contribution in [0.2, 0.25) is 0 Å². The third-order valence-corrected chi connectivity index (χ3v) is 11.8. The molecule has 6 aromatic rings. The zero-order valence-corrected chi connectivity index (χ0v) is 32.7. The molecule has 296 valence electrons. The zero-order chi connectivity index (χ0) is 40.0. The first-order valence-corrected chi connectivity index (χ1v) is 19.9. The molecule has 0 saturated heterocycles. The van der Waals surface area contributed by atoms with Gasteiger partial charge in [-0.1, -0.05) is 61.6 Å². The van der Waals surface area contributed by atoms with Crippen molar-refractivity contribution in [3.05, 3.63) is 127 Å². The van der Waals surface area contributed by atoms with Gasteiger partial charge in [-0.3, -0.25) is 9.59 Å². The minimum absolute atomic E-state index is 0.0186. The summed E-state index contributed by atoms with van der Waals surface area (Å²) in [5, 5.41) is 28.0. The van der Waals surface area contributed by atoms with Gasteiger partial charge in [-0.2, -0.15) is 23.4 Å². The molecule has 0 aliphatic heterocycles. The lowest BCUT2D eigenvalue weighted by Gasteiger charge is -2.21. The molecule has 0 bridgehead atoms. The van der Waals surface area contributed by atoms with E-state index in [-0.39, 0.29) is 29.2 Å². The lowest BCUT2D eigenvalue weighted by atomic mass is 9.97. The van der Waals surface area contributed by atoms with E-state index in [1.54, 1.807) is 29.7 Å². The summed E-state index contributed by atoms with van der Waals surface area (Å²) in [4.78, 5) is 26.8. The summed E-state index contributed by atoms with van der Waals surface area (Å²) >= 11 is 0. The third-order valence-electron chi connectivity index (χ3n) is 11.8. The second kappa shape index (κ2) is 15.4. The van der Waals surface area contributed by atoms with Crippen LogP contribution >= 0.6 is 0 Å². The van der Waals surface area contributed by atoms with E-state index in [9.17, 15) is 22.8 Å². The van der Waals surface area contributed by atoms with E-state index in [0.717, 1.165) is 91.0 Å². The monoisotopic (exact) mass is 776 g/mol. The molecule has 2 aliphatic rings. The fraction of sp³-hybridized carbons (Fsp3) is 0.409. The lowest BCUT2D eigenvalue weighted by Crippen LogP contribution is -2.23. The molecule has 0 amide bonds. The maximum absolute atomic E-state index is 13.7. The van der Waals surface area contributed by atoms with Crippen LogP contribution in [0.5, 0.6) is 0 Å². The van der Waals surface area contributed by atoms with Crippen molar-refractivity contribution in [2.75, 3.05) is 10.6 Å². The van der Waals surface area contributed by atoms with Gasteiger partial charge in [0.05, 0.1) is 29.0 Å². The van der Waals surface area contributed by atoms with Crippen molar-refractivity contribution < 1.29 is 13.2 Å². The van der Waals surface area contributed by atoms with E-state index < -0.39 is 17.8 Å². The molecule has 2 saturated carbocycles. The third kappa shape index (κ3) is 7.88. The highest BCUT2D eigenvalue weighted by atomic mass is 19.4. The Morgan fingerprint density at radius 3 is 1.86 bits per heavy atom. The summed E-state index contributed by atoms with van der Waals surface area (Å²) in [5.41, 5.74) is 3.95. The molecule has 0 spiro atoms. The summed E-state index contributed by atoms with van der Waals surface area (Å²) in [5.74, 6) is 1.01. The van der Waals surface area contributed by atoms with Gasteiger partial charge >= 0.3 is 6.18 Å². The number of pyridine rings is 2.